The molecule has 0 spiro atoms. The Labute approximate surface area is 515 Å². The third-order valence-electron chi connectivity index (χ3n) is 16.1. The van der Waals surface area contributed by atoms with E-state index < -0.39 is 12.1 Å². The summed E-state index contributed by atoms with van der Waals surface area (Å²) in [7, 11) is 0. The molecule has 8 heteroatoms. The van der Waals surface area contributed by atoms with Gasteiger partial charge in [-0.15, -0.1) is 0 Å². The predicted octanol–water partition coefficient (Wildman–Crippen LogP) is 24.4. The Bertz CT molecular complexity index is 1360. The van der Waals surface area contributed by atoms with Crippen LogP contribution in [-0.2, 0) is 33.4 Å². The Morgan fingerprint density at radius 2 is 0.458 bits per heavy atom. The van der Waals surface area contributed by atoms with Crippen LogP contribution < -0.4 is 0 Å². The minimum atomic E-state index is -0.781. The second-order valence-electron chi connectivity index (χ2n) is 24.6. The molecule has 0 bridgehead atoms. The number of hydrogen-bond acceptors (Lipinski definition) is 7. The zero-order chi connectivity index (χ0) is 60.7. The highest BCUT2D eigenvalue weighted by molar-refractivity contribution is 5.71. The first-order valence-electron chi connectivity index (χ1n) is 36.5. The van der Waals surface area contributed by atoms with Gasteiger partial charge in [0.05, 0.1) is 0 Å². The molecule has 0 aliphatic rings. The van der Waals surface area contributed by atoms with E-state index in [2.05, 4.69) is 64.2 Å². The van der Waals surface area contributed by atoms with Crippen LogP contribution in [0.15, 0.2) is 36.5 Å². The number of carbonyl (C=O) groups excluding carboxylic acids is 3. The van der Waals surface area contributed by atoms with E-state index in [0.29, 0.717) is 25.7 Å². The van der Waals surface area contributed by atoms with Gasteiger partial charge in [0.25, 0.3) is 0 Å². The van der Waals surface area contributed by atoms with Crippen molar-refractivity contribution >= 4 is 23.9 Å². The van der Waals surface area contributed by atoms with E-state index in [4.69, 9.17) is 19.3 Å². The van der Waals surface area contributed by atoms with Crippen molar-refractivity contribution in [3.8, 4) is 0 Å². The van der Waals surface area contributed by atoms with Gasteiger partial charge in [-0.05, 0) is 103 Å². The SMILES string of the molecule is CCCCCCCC/C=C\CCCCCCCC(=O)OCC(COC(=O)CCCCCCC/C=C\CCCCCCCC)OC(=O)CCCCCCC/C=C\CCCCCCCC.CCCCCCCCCCCCCCCCCC(=O)O. The number of rotatable bonds is 66. The van der Waals surface area contributed by atoms with Crippen molar-refractivity contribution in [1.82, 2.24) is 0 Å². The fourth-order valence-corrected chi connectivity index (χ4v) is 10.5. The molecule has 0 saturated carbocycles. The summed E-state index contributed by atoms with van der Waals surface area (Å²) in [6.07, 6.45) is 81.4. The second-order valence-corrected chi connectivity index (χ2v) is 24.6. The van der Waals surface area contributed by atoms with Crippen molar-refractivity contribution in [3.05, 3.63) is 36.5 Å². The molecule has 0 amide bonds. The molecule has 0 heterocycles. The summed E-state index contributed by atoms with van der Waals surface area (Å²) in [5.74, 6) is -1.55. The quantitative estimate of drug-likeness (QED) is 0.0277. The maximum atomic E-state index is 12.8. The van der Waals surface area contributed by atoms with Crippen LogP contribution in [0.25, 0.3) is 0 Å². The standard InChI is InChI=1S/C57H104O6.C18H36O2/c1-4-7-10-13-16-19-22-25-28-31-34-37-40-43-46-49-55(58)61-52-54(63-57(60)51-48-45-42-39-36-33-30-27-24-21-18-15-12-9-6-3)53-62-56(59)50-47-44-41-38-35-32-29-26-23-20-17-14-11-8-5-2;1-2-3-4-5-6-7-8-9-10-11-12-13-14-15-16-17-18(19)20/h25-30,54H,4-24,31-53H2,1-3H3;2-17H2,1H3,(H,19,20)/b28-25-,29-26-,30-27-;. The number of allylic oxidation sites excluding steroid dienone is 6. The van der Waals surface area contributed by atoms with Crippen LogP contribution in [0.1, 0.15) is 400 Å². The van der Waals surface area contributed by atoms with E-state index in [9.17, 15) is 19.2 Å². The zero-order valence-corrected chi connectivity index (χ0v) is 55.8. The number of esters is 3. The first kappa shape index (κ1) is 82.2. The molecule has 0 aliphatic carbocycles. The lowest BCUT2D eigenvalue weighted by Crippen LogP contribution is -2.30. The monoisotopic (exact) mass is 1170 g/mol. The summed E-state index contributed by atoms with van der Waals surface area (Å²) in [5, 5.41) is 8.52. The molecule has 0 aliphatic heterocycles. The van der Waals surface area contributed by atoms with Crippen LogP contribution in [0.3, 0.4) is 0 Å². The number of hydrogen-bond donors (Lipinski definition) is 1. The van der Waals surface area contributed by atoms with Crippen molar-refractivity contribution in [3.63, 3.8) is 0 Å². The highest BCUT2D eigenvalue weighted by atomic mass is 16.6. The molecule has 0 aromatic rings. The third kappa shape index (κ3) is 75.2. The first-order valence-corrected chi connectivity index (χ1v) is 36.5. The number of aliphatic carboxylic acids is 1. The average Bonchev–Trinajstić information content (AvgIpc) is 3.48. The van der Waals surface area contributed by atoms with Gasteiger partial charge in [0.15, 0.2) is 6.10 Å². The van der Waals surface area contributed by atoms with E-state index in [0.717, 1.165) is 89.9 Å². The van der Waals surface area contributed by atoms with Crippen LogP contribution in [-0.4, -0.2) is 48.3 Å². The topological polar surface area (TPSA) is 116 Å². The van der Waals surface area contributed by atoms with Gasteiger partial charge >= 0.3 is 23.9 Å². The smallest absolute Gasteiger partial charge is 0.306 e. The number of carbonyl (C=O) groups is 4. The molecule has 1 N–H and O–H groups in total. The second kappa shape index (κ2) is 73.4. The van der Waals surface area contributed by atoms with E-state index in [1.807, 2.05) is 0 Å². The van der Waals surface area contributed by atoms with E-state index >= 15 is 0 Å². The van der Waals surface area contributed by atoms with Gasteiger partial charge in [0, 0.05) is 25.7 Å². The summed E-state index contributed by atoms with van der Waals surface area (Å²) in [6, 6.07) is 0. The lowest BCUT2D eigenvalue weighted by Gasteiger charge is -2.18. The van der Waals surface area contributed by atoms with Crippen molar-refractivity contribution in [2.24, 2.45) is 0 Å². The lowest BCUT2D eigenvalue weighted by atomic mass is 10.0. The maximum Gasteiger partial charge on any atom is 0.306 e. The molecule has 488 valence electrons. The Balaban J connectivity index is 0. The number of carboxylic acid groups (broad SMARTS) is 1. The molecule has 0 radical (unpaired) electrons. The Hall–Kier alpha value is -2.90. The molecule has 8 nitrogen and oxygen atoms in total. The van der Waals surface area contributed by atoms with Gasteiger partial charge in [-0.2, -0.15) is 0 Å². The molecule has 0 rings (SSSR count). The molecule has 0 saturated heterocycles. The van der Waals surface area contributed by atoms with Crippen LogP contribution >= 0.6 is 0 Å². The zero-order valence-electron chi connectivity index (χ0n) is 55.8. The molecular formula is C75H140O8. The van der Waals surface area contributed by atoms with Gasteiger partial charge in [0.2, 0.25) is 0 Å². The van der Waals surface area contributed by atoms with E-state index in [-0.39, 0.29) is 31.1 Å². The largest absolute Gasteiger partial charge is 0.481 e. The molecule has 0 atom stereocenters. The molecular weight excluding hydrogens is 1030 g/mol. The number of carboxylic acids is 1. The number of ether oxygens (including phenoxy) is 3. The van der Waals surface area contributed by atoms with Gasteiger partial charge < -0.3 is 19.3 Å². The minimum absolute atomic E-state index is 0.0806. The van der Waals surface area contributed by atoms with Crippen LogP contribution in [0.5, 0.6) is 0 Å². The van der Waals surface area contributed by atoms with Gasteiger partial charge in [-0.3, -0.25) is 19.2 Å². The fourth-order valence-electron chi connectivity index (χ4n) is 10.5. The van der Waals surface area contributed by atoms with Crippen molar-refractivity contribution in [2.45, 2.75) is 406 Å². The Morgan fingerprint density at radius 1 is 0.265 bits per heavy atom. The summed E-state index contributed by atoms with van der Waals surface area (Å²) in [4.78, 5) is 48.4. The Morgan fingerprint density at radius 3 is 0.687 bits per heavy atom. The van der Waals surface area contributed by atoms with E-state index in [1.165, 1.54) is 257 Å². The van der Waals surface area contributed by atoms with Gasteiger partial charge in [0.1, 0.15) is 13.2 Å². The fraction of sp³-hybridized carbons (Fsp3) is 0.867. The highest BCUT2D eigenvalue weighted by Gasteiger charge is 2.19. The van der Waals surface area contributed by atoms with Gasteiger partial charge in [-0.1, -0.05) is 308 Å². The third-order valence-corrected chi connectivity index (χ3v) is 16.1. The molecule has 83 heavy (non-hydrogen) atoms. The normalized spacial score (nSPS) is 11.6. The molecule has 0 fully saturated rings. The van der Waals surface area contributed by atoms with Crippen molar-refractivity contribution in [1.29, 1.82) is 0 Å². The summed E-state index contributed by atoms with van der Waals surface area (Å²) in [5.41, 5.74) is 0. The lowest BCUT2D eigenvalue weighted by molar-refractivity contribution is -0.167. The van der Waals surface area contributed by atoms with Crippen molar-refractivity contribution in [2.75, 3.05) is 13.2 Å². The maximum absolute atomic E-state index is 12.8. The molecule has 0 aromatic heterocycles. The molecule has 0 aromatic carbocycles. The minimum Gasteiger partial charge on any atom is -0.481 e. The highest BCUT2D eigenvalue weighted by Crippen LogP contribution is 2.17. The average molecular weight is 1170 g/mol. The number of unbranched alkanes of at least 4 members (excludes halogenated alkanes) is 47. The predicted molar refractivity (Wildman–Crippen MR) is 357 cm³/mol. The van der Waals surface area contributed by atoms with Gasteiger partial charge in [-0.25, -0.2) is 0 Å². The van der Waals surface area contributed by atoms with Crippen LogP contribution in [0.2, 0.25) is 0 Å². The van der Waals surface area contributed by atoms with E-state index in [1.54, 1.807) is 0 Å². The summed E-state index contributed by atoms with van der Waals surface area (Å²) in [6.45, 7) is 8.90. The summed E-state index contributed by atoms with van der Waals surface area (Å²) < 4.78 is 16.8. The first-order chi connectivity index (χ1) is 40.8. The van der Waals surface area contributed by atoms with Crippen molar-refractivity contribution < 1.29 is 38.5 Å². The van der Waals surface area contributed by atoms with Crippen LogP contribution in [0.4, 0.5) is 0 Å². The van der Waals surface area contributed by atoms with Crippen LogP contribution in [0, 0.1) is 0 Å². The molecule has 0 unspecified atom stereocenters. The summed E-state index contributed by atoms with van der Waals surface area (Å²) >= 11 is 0. The Kier molecular flexibility index (Phi) is 72.6.